The van der Waals surface area contributed by atoms with E-state index in [-0.39, 0.29) is 34.3 Å². The van der Waals surface area contributed by atoms with Crippen molar-refractivity contribution in [1.82, 2.24) is 14.2 Å². The third kappa shape index (κ3) is 6.24. The second-order valence-electron chi connectivity index (χ2n) is 8.24. The number of hydrogen-bond donors (Lipinski definition) is 1. The number of carbonyl (C=O) groups excluding carboxylic acids is 2. The number of sulfonamides is 1. The number of nitrogens with zero attached hydrogens (tertiary/aromatic N) is 4. The molecule has 2 saturated heterocycles. The molecule has 11 nitrogen and oxygen atoms in total. The summed E-state index contributed by atoms with van der Waals surface area (Å²) in [4.78, 5) is 35.5. The van der Waals surface area contributed by atoms with Gasteiger partial charge < -0.3 is 14.5 Å². The molecule has 1 aromatic heterocycles. The number of anilines is 1. The lowest BCUT2D eigenvalue weighted by atomic mass is 10.1. The number of benzene rings is 1. The van der Waals surface area contributed by atoms with E-state index >= 15 is 0 Å². The average Bonchev–Trinajstić information content (AvgIpc) is 3.44. The first-order valence-corrected chi connectivity index (χ1v) is 13.6. The van der Waals surface area contributed by atoms with E-state index in [1.165, 1.54) is 35.5 Å². The van der Waals surface area contributed by atoms with E-state index in [2.05, 4.69) is 15.5 Å². The minimum Gasteiger partial charge on any atom is -0.389 e. The molecule has 194 valence electrons. The van der Waals surface area contributed by atoms with Crippen LogP contribution in [0.15, 0.2) is 40.5 Å². The zero-order chi connectivity index (χ0) is 25.7. The number of nitrogens with one attached hydrogen (secondary N) is 1. The topological polar surface area (TPSA) is 130 Å². The maximum absolute atomic E-state index is 13.3. The fourth-order valence-corrected chi connectivity index (χ4v) is 5.81. The molecule has 0 bridgehead atoms. The van der Waals surface area contributed by atoms with Gasteiger partial charge in [0.05, 0.1) is 24.3 Å². The van der Waals surface area contributed by atoms with Crippen LogP contribution in [-0.2, 0) is 29.2 Å². The Bertz CT molecular complexity index is 1230. The van der Waals surface area contributed by atoms with Crippen LogP contribution in [0, 0.1) is 5.13 Å². The largest absolute Gasteiger partial charge is 0.389 e. The molecule has 3 heterocycles. The van der Waals surface area contributed by atoms with Crippen molar-refractivity contribution in [2.75, 3.05) is 44.7 Å². The van der Waals surface area contributed by atoms with E-state index in [0.717, 1.165) is 6.20 Å². The molecule has 0 aliphatic carbocycles. The molecule has 1 N–H and O–H groups in total. The third-order valence-electron chi connectivity index (χ3n) is 5.76. The lowest BCUT2D eigenvalue weighted by molar-refractivity contribution is -0.128. The summed E-state index contributed by atoms with van der Waals surface area (Å²) in [5, 5.41) is 5.98. The van der Waals surface area contributed by atoms with Crippen LogP contribution in [-0.4, -0.2) is 85.6 Å². The summed E-state index contributed by atoms with van der Waals surface area (Å²) in [6, 6.07) is 5.70. The van der Waals surface area contributed by atoms with Crippen molar-refractivity contribution in [2.45, 2.75) is 30.8 Å². The maximum atomic E-state index is 13.3. The highest BCUT2D eigenvalue weighted by Gasteiger charge is 2.28. The zero-order valence-electron chi connectivity index (χ0n) is 19.6. The van der Waals surface area contributed by atoms with E-state index in [0.29, 0.717) is 62.6 Å². The van der Waals surface area contributed by atoms with Crippen molar-refractivity contribution in [1.29, 1.82) is 0 Å². The summed E-state index contributed by atoms with van der Waals surface area (Å²) in [7, 11) is -3.81. The summed E-state index contributed by atoms with van der Waals surface area (Å²) in [6.07, 6.45) is 1.82. The van der Waals surface area contributed by atoms with Crippen LogP contribution in [0.3, 0.4) is 0 Å². The second kappa shape index (κ2) is 11.4. The maximum Gasteiger partial charge on any atom is 0.280 e. The molecular formula is C22H26FN5O6S2. The average molecular weight is 540 g/mol. The van der Waals surface area contributed by atoms with E-state index in [9.17, 15) is 22.4 Å². The van der Waals surface area contributed by atoms with Gasteiger partial charge in [0.25, 0.3) is 5.91 Å². The van der Waals surface area contributed by atoms with Crippen molar-refractivity contribution in [3.05, 3.63) is 41.2 Å². The van der Waals surface area contributed by atoms with Gasteiger partial charge in [-0.3, -0.25) is 14.9 Å². The molecule has 4 rings (SSSR count). The molecule has 1 aromatic carbocycles. The van der Waals surface area contributed by atoms with Gasteiger partial charge in [-0.15, -0.1) is 0 Å². The molecule has 14 heteroatoms. The smallest absolute Gasteiger partial charge is 0.280 e. The highest BCUT2D eigenvalue weighted by molar-refractivity contribution is 7.89. The van der Waals surface area contributed by atoms with Crippen LogP contribution >= 0.6 is 11.3 Å². The summed E-state index contributed by atoms with van der Waals surface area (Å²) >= 11 is 0.662. The highest BCUT2D eigenvalue weighted by Crippen LogP contribution is 2.21. The first-order valence-electron chi connectivity index (χ1n) is 11.3. The van der Waals surface area contributed by atoms with Gasteiger partial charge in [-0.2, -0.15) is 8.70 Å². The van der Waals surface area contributed by atoms with Gasteiger partial charge in [-0.1, -0.05) is 28.6 Å². The minimum absolute atomic E-state index is 0.0503. The zero-order valence-corrected chi connectivity index (χ0v) is 21.2. The van der Waals surface area contributed by atoms with Crippen LogP contribution in [0.5, 0.6) is 0 Å². The summed E-state index contributed by atoms with van der Waals surface area (Å²) in [5.41, 5.74) is 0.189. The van der Waals surface area contributed by atoms with Gasteiger partial charge in [-0.25, -0.2) is 13.4 Å². The molecule has 2 fully saturated rings. The van der Waals surface area contributed by atoms with E-state index < -0.39 is 21.1 Å². The van der Waals surface area contributed by atoms with Gasteiger partial charge in [0.2, 0.25) is 15.9 Å². The number of thiazole rings is 1. The van der Waals surface area contributed by atoms with Crippen LogP contribution < -0.4 is 5.32 Å². The van der Waals surface area contributed by atoms with Crippen molar-refractivity contribution in [2.24, 2.45) is 5.16 Å². The summed E-state index contributed by atoms with van der Waals surface area (Å²) in [6.45, 7) is 3.64. The van der Waals surface area contributed by atoms with Gasteiger partial charge >= 0.3 is 0 Å². The molecule has 0 saturated carbocycles. The molecular weight excluding hydrogens is 513 g/mol. The molecule has 2 aliphatic rings. The molecule has 1 atom stereocenters. The first kappa shape index (κ1) is 26.1. The predicted molar refractivity (Wildman–Crippen MR) is 130 cm³/mol. The number of rotatable bonds is 7. The number of carbonyl (C=O) groups is 2. The summed E-state index contributed by atoms with van der Waals surface area (Å²) < 4.78 is 46.3. The number of ether oxygens (including phenoxy) is 1. The second-order valence-corrected chi connectivity index (χ2v) is 11.2. The Morgan fingerprint density at radius 3 is 2.64 bits per heavy atom. The first-order chi connectivity index (χ1) is 17.2. The van der Waals surface area contributed by atoms with Crippen LogP contribution in [0.4, 0.5) is 9.52 Å². The van der Waals surface area contributed by atoms with Crippen LogP contribution in [0.25, 0.3) is 0 Å². The molecule has 0 spiro atoms. The Kier molecular flexibility index (Phi) is 8.28. The lowest BCUT2D eigenvalue weighted by Gasteiger charge is -2.21. The molecule has 0 radical (unpaired) electrons. The molecule has 2 amide bonds. The standard InChI is InChI=1S/C22H26FN5O6S2/c1-15(29)27-8-2-9-28(11-10-27)36(31,32)18-5-3-16(4-6-18)20(26-34-17-7-12-33-14-17)21(30)25-22-24-13-19(23)35-22/h3-6,13,17H,2,7-12,14H2,1H3,(H,24,25,30)/b26-20+/t17-/m1/s1. The SMILES string of the molecule is CC(=O)N1CCCN(S(=O)(=O)c2ccc(/C(=N\O[C@@H]3CCOC3)C(=O)Nc3ncc(F)s3)cc2)CC1. The number of amides is 2. The number of oxime groups is 1. The number of aromatic nitrogens is 1. The normalized spacial score (nSPS) is 19.7. The van der Waals surface area contributed by atoms with Crippen molar-refractivity contribution in [3.8, 4) is 0 Å². The molecule has 0 unspecified atom stereocenters. The van der Waals surface area contributed by atoms with Gasteiger partial charge in [0, 0.05) is 45.1 Å². The van der Waals surface area contributed by atoms with Crippen LogP contribution in [0.1, 0.15) is 25.3 Å². The van der Waals surface area contributed by atoms with Crippen molar-refractivity contribution in [3.63, 3.8) is 0 Å². The van der Waals surface area contributed by atoms with Crippen molar-refractivity contribution >= 4 is 44.0 Å². The summed E-state index contributed by atoms with van der Waals surface area (Å²) in [5.74, 6) is -0.772. The monoisotopic (exact) mass is 539 g/mol. The van der Waals surface area contributed by atoms with Crippen LogP contribution in [0.2, 0.25) is 0 Å². The number of halogens is 1. The Balaban J connectivity index is 1.54. The third-order valence-corrected chi connectivity index (χ3v) is 8.37. The Labute approximate surface area is 211 Å². The van der Waals surface area contributed by atoms with Gasteiger partial charge in [-0.05, 0) is 18.6 Å². The quantitative estimate of drug-likeness (QED) is 0.418. The molecule has 2 aromatic rings. The highest BCUT2D eigenvalue weighted by atomic mass is 32.2. The van der Waals surface area contributed by atoms with Gasteiger partial charge in [0.15, 0.2) is 22.1 Å². The van der Waals surface area contributed by atoms with E-state index in [1.807, 2.05) is 0 Å². The molecule has 2 aliphatic heterocycles. The van der Waals surface area contributed by atoms with Gasteiger partial charge in [0.1, 0.15) is 0 Å². The fourth-order valence-electron chi connectivity index (χ4n) is 3.80. The Hall–Kier alpha value is -2.94. The van der Waals surface area contributed by atoms with E-state index in [1.54, 1.807) is 4.90 Å². The predicted octanol–water partition coefficient (Wildman–Crippen LogP) is 1.67. The fraction of sp³-hybridized carbons (Fsp3) is 0.455. The Morgan fingerprint density at radius 1 is 1.22 bits per heavy atom. The minimum atomic E-state index is -3.81. The van der Waals surface area contributed by atoms with Crippen molar-refractivity contribution < 1.29 is 32.0 Å². The number of hydrogen-bond acceptors (Lipinski definition) is 9. The molecule has 36 heavy (non-hydrogen) atoms. The lowest BCUT2D eigenvalue weighted by Crippen LogP contribution is -2.36. The Morgan fingerprint density at radius 2 is 2.00 bits per heavy atom. The van der Waals surface area contributed by atoms with E-state index in [4.69, 9.17) is 9.57 Å².